The van der Waals surface area contributed by atoms with E-state index in [1.807, 2.05) is 44.4 Å². The Bertz CT molecular complexity index is 535. The highest BCUT2D eigenvalue weighted by Crippen LogP contribution is 2.19. The zero-order valence-corrected chi connectivity index (χ0v) is 12.3. The average Bonchev–Trinajstić information content (AvgIpc) is 2.70. The Balaban J connectivity index is 2.09. The summed E-state index contributed by atoms with van der Waals surface area (Å²) in [6.07, 6.45) is 3.64. The summed E-state index contributed by atoms with van der Waals surface area (Å²) in [6.45, 7) is 0.710. The van der Waals surface area contributed by atoms with Crippen LogP contribution in [0.3, 0.4) is 0 Å². The molecule has 0 saturated carbocycles. The van der Waals surface area contributed by atoms with Crippen molar-refractivity contribution in [2.75, 3.05) is 24.3 Å². The lowest BCUT2D eigenvalue weighted by Gasteiger charge is -2.13. The molecule has 2 heterocycles. The van der Waals surface area contributed by atoms with Crippen LogP contribution in [0.1, 0.15) is 5.69 Å². The van der Waals surface area contributed by atoms with E-state index in [1.54, 1.807) is 6.20 Å². The van der Waals surface area contributed by atoms with Crippen molar-refractivity contribution in [3.05, 3.63) is 34.8 Å². The molecule has 5 nitrogen and oxygen atoms in total. The second kappa shape index (κ2) is 5.39. The molecule has 0 aliphatic rings. The first-order valence-electron chi connectivity index (χ1n) is 5.62. The Hall–Kier alpha value is -1.56. The molecule has 0 unspecified atom stereocenters. The number of aromatic nitrogens is 3. The molecule has 1 N–H and O–H groups in total. The van der Waals surface area contributed by atoms with E-state index in [0.717, 1.165) is 21.9 Å². The molecule has 96 valence electrons. The van der Waals surface area contributed by atoms with Gasteiger partial charge in [-0.1, -0.05) is 0 Å². The number of nitrogens with one attached hydrogen (secondary N) is 1. The monoisotopic (exact) mass is 309 g/mol. The molecule has 18 heavy (non-hydrogen) atoms. The van der Waals surface area contributed by atoms with Gasteiger partial charge in [0.25, 0.3) is 0 Å². The van der Waals surface area contributed by atoms with Gasteiger partial charge in [-0.2, -0.15) is 0 Å². The number of halogens is 1. The predicted octanol–water partition coefficient (Wildman–Crippen LogP) is 2.26. The molecule has 0 aliphatic heterocycles. The Kier molecular flexibility index (Phi) is 3.86. The van der Waals surface area contributed by atoms with Gasteiger partial charge in [-0.15, -0.1) is 0 Å². The SMILES string of the molecule is CN(C)c1ncc(CNc2cccnc2Br)n1C. The molecule has 0 atom stereocenters. The van der Waals surface area contributed by atoms with Crippen molar-refractivity contribution in [1.82, 2.24) is 14.5 Å². The third kappa shape index (κ3) is 2.64. The molecule has 0 radical (unpaired) electrons. The Labute approximate surface area is 115 Å². The fraction of sp³-hybridized carbons (Fsp3) is 0.333. The van der Waals surface area contributed by atoms with E-state index in [-0.39, 0.29) is 0 Å². The number of pyridine rings is 1. The van der Waals surface area contributed by atoms with E-state index in [9.17, 15) is 0 Å². The van der Waals surface area contributed by atoms with Crippen molar-refractivity contribution in [2.24, 2.45) is 7.05 Å². The number of imidazole rings is 1. The number of anilines is 2. The standard InChI is InChI=1S/C12H16BrN5/c1-17(2)12-16-8-9(18(12)3)7-15-10-5-4-6-14-11(10)13/h4-6,8,15H,7H2,1-3H3. The van der Waals surface area contributed by atoms with Gasteiger partial charge in [-0.05, 0) is 28.1 Å². The van der Waals surface area contributed by atoms with E-state index in [2.05, 4.69) is 35.8 Å². The molecule has 2 rings (SSSR count). The van der Waals surface area contributed by atoms with Crippen LogP contribution in [0.25, 0.3) is 0 Å². The van der Waals surface area contributed by atoms with Crippen LogP contribution in [0.4, 0.5) is 11.6 Å². The van der Waals surface area contributed by atoms with Gasteiger partial charge in [0.1, 0.15) is 4.60 Å². The van der Waals surface area contributed by atoms with E-state index >= 15 is 0 Å². The lowest BCUT2D eigenvalue weighted by Crippen LogP contribution is -2.15. The van der Waals surface area contributed by atoms with Crippen LogP contribution in [-0.2, 0) is 13.6 Å². The normalized spacial score (nSPS) is 10.4. The van der Waals surface area contributed by atoms with Gasteiger partial charge in [0.2, 0.25) is 5.95 Å². The number of nitrogens with zero attached hydrogens (tertiary/aromatic N) is 4. The zero-order valence-electron chi connectivity index (χ0n) is 10.7. The lowest BCUT2D eigenvalue weighted by molar-refractivity contribution is 0.813. The molecular weight excluding hydrogens is 294 g/mol. The Morgan fingerprint density at radius 2 is 2.17 bits per heavy atom. The predicted molar refractivity (Wildman–Crippen MR) is 76.8 cm³/mol. The first-order chi connectivity index (χ1) is 8.59. The summed E-state index contributed by atoms with van der Waals surface area (Å²) in [6, 6.07) is 3.89. The van der Waals surface area contributed by atoms with Gasteiger partial charge in [0.15, 0.2) is 0 Å². The summed E-state index contributed by atoms with van der Waals surface area (Å²) >= 11 is 3.41. The number of rotatable bonds is 4. The van der Waals surface area contributed by atoms with Gasteiger partial charge in [-0.3, -0.25) is 0 Å². The minimum absolute atomic E-state index is 0.710. The van der Waals surface area contributed by atoms with Crippen molar-refractivity contribution in [1.29, 1.82) is 0 Å². The number of hydrogen-bond acceptors (Lipinski definition) is 4. The summed E-state index contributed by atoms with van der Waals surface area (Å²) in [4.78, 5) is 10.5. The maximum absolute atomic E-state index is 4.37. The van der Waals surface area contributed by atoms with E-state index in [1.165, 1.54) is 0 Å². The fourth-order valence-electron chi connectivity index (χ4n) is 1.72. The van der Waals surface area contributed by atoms with Gasteiger partial charge in [-0.25, -0.2) is 9.97 Å². The van der Waals surface area contributed by atoms with Crippen LogP contribution in [-0.4, -0.2) is 28.6 Å². The maximum Gasteiger partial charge on any atom is 0.204 e. The smallest absolute Gasteiger partial charge is 0.204 e. The third-order valence-corrected chi connectivity index (χ3v) is 3.31. The molecule has 0 aromatic carbocycles. The molecule has 6 heteroatoms. The molecule has 0 aliphatic carbocycles. The van der Waals surface area contributed by atoms with E-state index in [4.69, 9.17) is 0 Å². The summed E-state index contributed by atoms with van der Waals surface area (Å²) < 4.78 is 2.89. The van der Waals surface area contributed by atoms with Crippen LogP contribution in [0.5, 0.6) is 0 Å². The van der Waals surface area contributed by atoms with Crippen molar-refractivity contribution in [2.45, 2.75) is 6.54 Å². The average molecular weight is 310 g/mol. The maximum atomic E-state index is 4.37. The quantitative estimate of drug-likeness (QED) is 0.880. The molecule has 0 amide bonds. The van der Waals surface area contributed by atoms with Crippen molar-refractivity contribution >= 4 is 27.6 Å². The van der Waals surface area contributed by atoms with Crippen LogP contribution in [0.15, 0.2) is 29.1 Å². The number of hydrogen-bond donors (Lipinski definition) is 1. The van der Waals surface area contributed by atoms with Crippen LogP contribution >= 0.6 is 15.9 Å². The second-order valence-electron chi connectivity index (χ2n) is 4.20. The molecule has 0 fully saturated rings. The Morgan fingerprint density at radius 3 is 2.78 bits per heavy atom. The molecule has 2 aromatic heterocycles. The highest BCUT2D eigenvalue weighted by Gasteiger charge is 2.08. The van der Waals surface area contributed by atoms with Crippen LogP contribution in [0.2, 0.25) is 0 Å². The van der Waals surface area contributed by atoms with Gasteiger partial charge < -0.3 is 14.8 Å². The highest BCUT2D eigenvalue weighted by molar-refractivity contribution is 9.10. The first kappa shape index (κ1) is 12.9. The highest BCUT2D eigenvalue weighted by atomic mass is 79.9. The molecular formula is C12H16BrN5. The van der Waals surface area contributed by atoms with Crippen LogP contribution < -0.4 is 10.2 Å². The third-order valence-electron chi connectivity index (χ3n) is 2.68. The fourth-order valence-corrected chi connectivity index (χ4v) is 2.11. The van der Waals surface area contributed by atoms with Gasteiger partial charge in [0.05, 0.1) is 24.1 Å². The summed E-state index contributed by atoms with van der Waals surface area (Å²) in [5, 5.41) is 3.33. The van der Waals surface area contributed by atoms with Crippen molar-refractivity contribution in [3.8, 4) is 0 Å². The topological polar surface area (TPSA) is 46.0 Å². The summed E-state index contributed by atoms with van der Waals surface area (Å²) in [7, 11) is 5.98. The second-order valence-corrected chi connectivity index (χ2v) is 4.95. The Morgan fingerprint density at radius 1 is 1.39 bits per heavy atom. The van der Waals surface area contributed by atoms with Gasteiger partial charge >= 0.3 is 0 Å². The summed E-state index contributed by atoms with van der Waals surface area (Å²) in [5.74, 6) is 0.942. The molecule has 0 saturated heterocycles. The van der Waals surface area contributed by atoms with Gasteiger partial charge in [0, 0.05) is 27.3 Å². The minimum Gasteiger partial charge on any atom is -0.377 e. The van der Waals surface area contributed by atoms with E-state index in [0.29, 0.717) is 6.54 Å². The first-order valence-corrected chi connectivity index (χ1v) is 6.41. The molecule has 0 bridgehead atoms. The summed E-state index contributed by atoms with van der Waals surface area (Å²) in [5.41, 5.74) is 2.10. The molecule has 0 spiro atoms. The van der Waals surface area contributed by atoms with Crippen molar-refractivity contribution < 1.29 is 0 Å². The largest absolute Gasteiger partial charge is 0.377 e. The zero-order chi connectivity index (χ0) is 13.1. The van der Waals surface area contributed by atoms with Crippen molar-refractivity contribution in [3.63, 3.8) is 0 Å². The molecule has 2 aromatic rings. The van der Waals surface area contributed by atoms with E-state index < -0.39 is 0 Å². The lowest BCUT2D eigenvalue weighted by atomic mass is 10.4. The minimum atomic E-state index is 0.710. The van der Waals surface area contributed by atoms with Crippen LogP contribution in [0, 0.1) is 0 Å².